The Bertz CT molecular complexity index is 593. The molecule has 0 unspecified atom stereocenters. The molecule has 1 rings (SSSR count). The number of carbonyl (C=O) groups excluding carboxylic acids is 3. The van der Waals surface area contributed by atoms with E-state index < -0.39 is 17.9 Å². The standard InChI is InChI=1S/C18H22O5/c1-5-7-8-10-13-15(17(20)22-3)12(9-6-2)11-14(19)16(13)18(21)23-4/h5-10,12,15H,11H2,1-4H3/b7-5+,9-6+,10-8+/t12-,15+/m0/s1. The van der Waals surface area contributed by atoms with Crippen LogP contribution in [0.25, 0.3) is 0 Å². The number of esters is 2. The van der Waals surface area contributed by atoms with Crippen molar-refractivity contribution >= 4 is 17.7 Å². The molecule has 2 atom stereocenters. The minimum atomic E-state index is -0.733. The average molecular weight is 318 g/mol. The number of carbonyl (C=O) groups is 3. The smallest absolute Gasteiger partial charge is 0.341 e. The molecule has 0 saturated carbocycles. The van der Waals surface area contributed by atoms with Crippen LogP contribution < -0.4 is 0 Å². The highest BCUT2D eigenvalue weighted by Crippen LogP contribution is 2.36. The lowest BCUT2D eigenvalue weighted by Crippen LogP contribution is -2.35. The fourth-order valence-corrected chi connectivity index (χ4v) is 2.63. The van der Waals surface area contributed by atoms with Gasteiger partial charge in [-0.05, 0) is 19.4 Å². The van der Waals surface area contributed by atoms with E-state index in [0.29, 0.717) is 5.57 Å². The van der Waals surface area contributed by atoms with Gasteiger partial charge >= 0.3 is 11.9 Å². The molecule has 0 saturated heterocycles. The van der Waals surface area contributed by atoms with Crippen LogP contribution in [0.3, 0.4) is 0 Å². The van der Waals surface area contributed by atoms with Crippen LogP contribution in [0.5, 0.6) is 0 Å². The summed E-state index contributed by atoms with van der Waals surface area (Å²) in [6.45, 7) is 3.65. The number of Topliss-reactive ketones (excluding diaryl/α,β-unsaturated/α-hetero) is 1. The van der Waals surface area contributed by atoms with Crippen molar-refractivity contribution in [2.45, 2.75) is 20.3 Å². The monoisotopic (exact) mass is 318 g/mol. The van der Waals surface area contributed by atoms with Gasteiger partial charge in [0, 0.05) is 12.3 Å². The first kappa shape index (κ1) is 18.6. The van der Waals surface area contributed by atoms with Crippen molar-refractivity contribution in [1.82, 2.24) is 0 Å². The Morgan fingerprint density at radius 2 is 1.78 bits per heavy atom. The largest absolute Gasteiger partial charge is 0.469 e. The lowest BCUT2D eigenvalue weighted by Gasteiger charge is -2.29. The van der Waals surface area contributed by atoms with Crippen LogP contribution in [0.2, 0.25) is 0 Å². The van der Waals surface area contributed by atoms with Crippen LogP contribution in [0, 0.1) is 11.8 Å². The topological polar surface area (TPSA) is 69.7 Å². The fourth-order valence-electron chi connectivity index (χ4n) is 2.63. The minimum Gasteiger partial charge on any atom is -0.469 e. The zero-order chi connectivity index (χ0) is 17.4. The van der Waals surface area contributed by atoms with Gasteiger partial charge in [-0.25, -0.2) is 4.79 Å². The lowest BCUT2D eigenvalue weighted by atomic mass is 9.73. The van der Waals surface area contributed by atoms with Crippen LogP contribution in [0.15, 0.2) is 47.6 Å². The van der Waals surface area contributed by atoms with E-state index >= 15 is 0 Å². The number of ether oxygens (including phenoxy) is 2. The van der Waals surface area contributed by atoms with Gasteiger partial charge < -0.3 is 9.47 Å². The summed E-state index contributed by atoms with van der Waals surface area (Å²) in [5.41, 5.74) is 0.255. The number of hydrogen-bond donors (Lipinski definition) is 0. The van der Waals surface area contributed by atoms with Crippen molar-refractivity contribution in [2.75, 3.05) is 14.2 Å². The number of ketones is 1. The van der Waals surface area contributed by atoms with E-state index in [2.05, 4.69) is 0 Å². The quantitative estimate of drug-likeness (QED) is 0.337. The molecule has 23 heavy (non-hydrogen) atoms. The van der Waals surface area contributed by atoms with Gasteiger partial charge in [-0.15, -0.1) is 0 Å². The Labute approximate surface area is 136 Å². The zero-order valence-corrected chi connectivity index (χ0v) is 13.9. The van der Waals surface area contributed by atoms with E-state index in [1.54, 1.807) is 36.5 Å². The Morgan fingerprint density at radius 3 is 2.30 bits per heavy atom. The van der Waals surface area contributed by atoms with Gasteiger partial charge in [0.05, 0.1) is 20.1 Å². The van der Waals surface area contributed by atoms with Crippen LogP contribution in [0.4, 0.5) is 0 Å². The molecule has 5 nitrogen and oxygen atoms in total. The predicted molar refractivity (Wildman–Crippen MR) is 86.4 cm³/mol. The first-order valence-electron chi connectivity index (χ1n) is 7.37. The summed E-state index contributed by atoms with van der Waals surface area (Å²) < 4.78 is 9.59. The second kappa shape index (κ2) is 8.88. The minimum absolute atomic E-state index is 0.0650. The van der Waals surface area contributed by atoms with Gasteiger partial charge in [-0.3, -0.25) is 9.59 Å². The normalized spacial score (nSPS) is 22.3. The molecule has 0 N–H and O–H groups in total. The van der Waals surface area contributed by atoms with Crippen molar-refractivity contribution in [2.24, 2.45) is 11.8 Å². The Balaban J connectivity index is 3.56. The molecule has 0 aromatic rings. The van der Waals surface area contributed by atoms with E-state index in [1.165, 1.54) is 14.2 Å². The van der Waals surface area contributed by atoms with E-state index in [9.17, 15) is 14.4 Å². The molecular weight excluding hydrogens is 296 g/mol. The third-order valence-corrected chi connectivity index (χ3v) is 3.62. The number of hydrogen-bond acceptors (Lipinski definition) is 5. The van der Waals surface area contributed by atoms with Gasteiger partial charge in [0.1, 0.15) is 5.57 Å². The lowest BCUT2D eigenvalue weighted by molar-refractivity contribution is -0.145. The molecule has 1 aliphatic rings. The number of allylic oxidation sites excluding steroid dienone is 6. The highest BCUT2D eigenvalue weighted by atomic mass is 16.5. The van der Waals surface area contributed by atoms with Gasteiger partial charge in [-0.2, -0.15) is 0 Å². The molecule has 5 heteroatoms. The van der Waals surface area contributed by atoms with Gasteiger partial charge in [0.2, 0.25) is 0 Å². The summed E-state index contributed by atoms with van der Waals surface area (Å²) >= 11 is 0. The molecule has 0 amide bonds. The molecule has 0 fully saturated rings. The van der Waals surface area contributed by atoms with Crippen LogP contribution >= 0.6 is 0 Å². The van der Waals surface area contributed by atoms with Crippen molar-refractivity contribution < 1.29 is 23.9 Å². The first-order chi connectivity index (χ1) is 11.0. The molecule has 0 bridgehead atoms. The maximum atomic E-state index is 12.4. The maximum absolute atomic E-state index is 12.4. The number of methoxy groups -OCH3 is 2. The third-order valence-electron chi connectivity index (χ3n) is 3.62. The van der Waals surface area contributed by atoms with Gasteiger partial charge in [0.15, 0.2) is 5.78 Å². The second-order valence-electron chi connectivity index (χ2n) is 5.02. The number of rotatable bonds is 5. The molecule has 0 aromatic heterocycles. The van der Waals surface area contributed by atoms with E-state index in [1.807, 2.05) is 13.8 Å². The van der Waals surface area contributed by atoms with Crippen LogP contribution in [-0.2, 0) is 23.9 Å². The summed E-state index contributed by atoms with van der Waals surface area (Å²) in [4.78, 5) is 36.7. The van der Waals surface area contributed by atoms with Crippen molar-refractivity contribution in [1.29, 1.82) is 0 Å². The molecule has 0 heterocycles. The van der Waals surface area contributed by atoms with E-state index in [-0.39, 0.29) is 23.7 Å². The molecule has 0 aliphatic heterocycles. The zero-order valence-electron chi connectivity index (χ0n) is 13.9. The summed E-state index contributed by atoms with van der Waals surface area (Å²) in [6, 6.07) is 0. The second-order valence-corrected chi connectivity index (χ2v) is 5.02. The summed E-state index contributed by atoms with van der Waals surface area (Å²) in [6.07, 6.45) is 10.5. The highest BCUT2D eigenvalue weighted by Gasteiger charge is 2.41. The summed E-state index contributed by atoms with van der Waals surface area (Å²) in [5, 5.41) is 0. The maximum Gasteiger partial charge on any atom is 0.341 e. The Morgan fingerprint density at radius 1 is 1.09 bits per heavy atom. The molecule has 0 spiro atoms. The summed E-state index contributed by atoms with van der Waals surface area (Å²) in [7, 11) is 2.50. The van der Waals surface area contributed by atoms with Crippen molar-refractivity contribution in [3.8, 4) is 0 Å². The Kier molecular flexibility index (Phi) is 7.19. The Hall–Kier alpha value is -2.43. The van der Waals surface area contributed by atoms with Crippen LogP contribution in [0.1, 0.15) is 20.3 Å². The molecule has 0 radical (unpaired) electrons. The molecule has 124 valence electrons. The molecule has 0 aromatic carbocycles. The first-order valence-corrected chi connectivity index (χ1v) is 7.37. The SMILES string of the molecule is C/C=C/C=C/C1=C(C(=O)OC)C(=O)C[C@H](/C=C/C)[C@H]1C(=O)OC. The molecule has 1 aliphatic carbocycles. The average Bonchev–Trinajstić information content (AvgIpc) is 2.54. The van der Waals surface area contributed by atoms with E-state index in [4.69, 9.17) is 9.47 Å². The van der Waals surface area contributed by atoms with Gasteiger partial charge in [0.25, 0.3) is 0 Å². The molecular formula is C18H22O5. The van der Waals surface area contributed by atoms with Crippen molar-refractivity contribution in [3.05, 3.63) is 47.6 Å². The van der Waals surface area contributed by atoms with Crippen molar-refractivity contribution in [3.63, 3.8) is 0 Å². The van der Waals surface area contributed by atoms with Crippen LogP contribution in [-0.4, -0.2) is 31.9 Å². The third kappa shape index (κ3) is 4.28. The van der Waals surface area contributed by atoms with E-state index in [0.717, 1.165) is 0 Å². The highest BCUT2D eigenvalue weighted by molar-refractivity contribution is 6.19. The van der Waals surface area contributed by atoms with Gasteiger partial charge in [-0.1, -0.05) is 36.5 Å². The summed E-state index contributed by atoms with van der Waals surface area (Å²) in [5.74, 6) is -2.62. The fraction of sp³-hybridized carbons (Fsp3) is 0.389. The predicted octanol–water partition coefficient (Wildman–Crippen LogP) is 2.54.